The van der Waals surface area contributed by atoms with Crippen molar-refractivity contribution in [3.63, 3.8) is 0 Å². The van der Waals surface area contributed by atoms with Crippen molar-refractivity contribution in [2.24, 2.45) is 5.92 Å². The van der Waals surface area contributed by atoms with E-state index >= 15 is 0 Å². The van der Waals surface area contributed by atoms with E-state index in [4.69, 9.17) is 0 Å². The number of halogens is 3. The second-order valence-electron chi connectivity index (χ2n) is 5.13. The fourth-order valence-corrected chi connectivity index (χ4v) is 4.45. The van der Waals surface area contributed by atoms with Crippen molar-refractivity contribution >= 4 is 31.6 Å². The van der Waals surface area contributed by atoms with Gasteiger partial charge in [0, 0.05) is 4.47 Å². The summed E-state index contributed by atoms with van der Waals surface area (Å²) in [6.45, 7) is 0. The topological polar surface area (TPSA) is 46.2 Å². The van der Waals surface area contributed by atoms with Gasteiger partial charge in [-0.25, -0.2) is 17.2 Å². The first kappa shape index (κ1) is 15.7. The fraction of sp³-hybridized carbons (Fsp3) is 0.538. The molecule has 0 bridgehead atoms. The molecule has 1 aliphatic carbocycles. The maximum Gasteiger partial charge on any atom is 0.233 e. The van der Waals surface area contributed by atoms with Crippen LogP contribution in [-0.2, 0) is 10.0 Å². The van der Waals surface area contributed by atoms with Crippen molar-refractivity contribution in [3.8, 4) is 0 Å². The van der Waals surface area contributed by atoms with Crippen LogP contribution in [0.3, 0.4) is 0 Å². The molecule has 0 heterocycles. The molecule has 20 heavy (non-hydrogen) atoms. The van der Waals surface area contributed by atoms with Crippen LogP contribution in [0.2, 0.25) is 0 Å². The van der Waals surface area contributed by atoms with Crippen molar-refractivity contribution in [3.05, 3.63) is 28.2 Å². The highest BCUT2D eigenvalue weighted by atomic mass is 79.9. The van der Waals surface area contributed by atoms with Crippen LogP contribution < -0.4 is 4.72 Å². The largest absolute Gasteiger partial charge is 0.278 e. The molecule has 0 unspecified atom stereocenters. The predicted octanol–water partition coefficient (Wildman–Crippen LogP) is 4.05. The fourth-order valence-electron chi connectivity index (χ4n) is 2.50. The van der Waals surface area contributed by atoms with Gasteiger partial charge in [0.2, 0.25) is 10.0 Å². The van der Waals surface area contributed by atoms with Gasteiger partial charge in [-0.05, 0) is 30.9 Å². The number of benzene rings is 1. The Morgan fingerprint density at radius 2 is 1.70 bits per heavy atom. The van der Waals surface area contributed by atoms with E-state index in [-0.39, 0.29) is 16.1 Å². The summed E-state index contributed by atoms with van der Waals surface area (Å²) in [4.78, 5) is 0. The van der Waals surface area contributed by atoms with Crippen molar-refractivity contribution in [2.45, 2.75) is 32.1 Å². The van der Waals surface area contributed by atoms with E-state index in [1.807, 2.05) is 4.72 Å². The van der Waals surface area contributed by atoms with Crippen LogP contribution in [0.4, 0.5) is 14.5 Å². The van der Waals surface area contributed by atoms with Crippen LogP contribution in [0.5, 0.6) is 0 Å². The Hall–Kier alpha value is -0.690. The molecule has 1 aromatic rings. The molecule has 1 N–H and O–H groups in total. The summed E-state index contributed by atoms with van der Waals surface area (Å²) in [6, 6.07) is 2.06. The monoisotopic (exact) mass is 367 g/mol. The van der Waals surface area contributed by atoms with Crippen LogP contribution in [0, 0.1) is 17.6 Å². The second kappa shape index (κ2) is 6.39. The molecule has 112 valence electrons. The molecule has 0 aromatic heterocycles. The zero-order chi connectivity index (χ0) is 14.8. The summed E-state index contributed by atoms with van der Waals surface area (Å²) < 4.78 is 53.5. The Kier molecular flexibility index (Phi) is 5.01. The number of nitrogens with one attached hydrogen (secondary N) is 1. The third kappa shape index (κ3) is 4.15. The molecule has 0 amide bonds. The third-order valence-corrected chi connectivity index (χ3v) is 5.33. The number of hydrogen-bond acceptors (Lipinski definition) is 2. The molecule has 1 aromatic carbocycles. The highest BCUT2D eigenvalue weighted by Crippen LogP contribution is 2.28. The quantitative estimate of drug-likeness (QED) is 0.872. The van der Waals surface area contributed by atoms with Gasteiger partial charge in [-0.15, -0.1) is 0 Å². The minimum absolute atomic E-state index is 0.0721. The van der Waals surface area contributed by atoms with E-state index in [0.29, 0.717) is 0 Å². The average molecular weight is 368 g/mol. The standard InChI is InChI=1S/C13H16BrF2NO2S/c14-10-6-11(15)13(12(16)7-10)17-20(18,19)8-9-4-2-1-3-5-9/h6-7,9,17H,1-5,8H2. The minimum Gasteiger partial charge on any atom is -0.278 e. The van der Waals surface area contributed by atoms with Gasteiger partial charge in [0.25, 0.3) is 0 Å². The summed E-state index contributed by atoms with van der Waals surface area (Å²) in [6.07, 6.45) is 4.86. The SMILES string of the molecule is O=S(=O)(CC1CCCCC1)Nc1c(F)cc(Br)cc1F. The highest BCUT2D eigenvalue weighted by Gasteiger charge is 2.23. The lowest BCUT2D eigenvalue weighted by atomic mass is 9.91. The molecule has 1 saturated carbocycles. The molecule has 3 nitrogen and oxygen atoms in total. The molecule has 0 atom stereocenters. The summed E-state index contributed by atoms with van der Waals surface area (Å²) in [5, 5.41) is 0. The van der Waals surface area contributed by atoms with E-state index in [1.54, 1.807) is 0 Å². The van der Waals surface area contributed by atoms with Gasteiger partial charge in [-0.3, -0.25) is 4.72 Å². The number of rotatable bonds is 4. The van der Waals surface area contributed by atoms with Crippen molar-refractivity contribution in [2.75, 3.05) is 10.5 Å². The van der Waals surface area contributed by atoms with Crippen molar-refractivity contribution in [1.29, 1.82) is 0 Å². The first-order chi connectivity index (χ1) is 9.37. The predicted molar refractivity (Wildman–Crippen MR) is 78.0 cm³/mol. The molecule has 0 radical (unpaired) electrons. The van der Waals surface area contributed by atoms with E-state index < -0.39 is 27.3 Å². The first-order valence-electron chi connectivity index (χ1n) is 6.52. The molecule has 2 rings (SSSR count). The molecule has 0 saturated heterocycles. The van der Waals surface area contributed by atoms with Gasteiger partial charge < -0.3 is 0 Å². The van der Waals surface area contributed by atoms with Crippen LogP contribution >= 0.6 is 15.9 Å². The Bertz CT molecular complexity index is 563. The summed E-state index contributed by atoms with van der Waals surface area (Å²) in [7, 11) is -3.74. The van der Waals surface area contributed by atoms with Crippen LogP contribution in [0.1, 0.15) is 32.1 Å². The lowest BCUT2D eigenvalue weighted by molar-refractivity contribution is 0.385. The molecular weight excluding hydrogens is 352 g/mol. The summed E-state index contributed by atoms with van der Waals surface area (Å²) >= 11 is 2.95. The van der Waals surface area contributed by atoms with Gasteiger partial charge in [0.1, 0.15) is 5.69 Å². The van der Waals surface area contributed by atoms with E-state index in [1.165, 1.54) is 0 Å². The number of sulfonamides is 1. The zero-order valence-corrected chi connectivity index (χ0v) is 13.2. The number of anilines is 1. The summed E-state index contributed by atoms with van der Waals surface area (Å²) in [5.74, 6) is -1.86. The second-order valence-corrected chi connectivity index (χ2v) is 7.81. The van der Waals surface area contributed by atoms with Crippen LogP contribution in [0.15, 0.2) is 16.6 Å². The maximum absolute atomic E-state index is 13.6. The smallest absolute Gasteiger partial charge is 0.233 e. The Morgan fingerprint density at radius 3 is 2.25 bits per heavy atom. The molecule has 0 spiro atoms. The lowest BCUT2D eigenvalue weighted by Gasteiger charge is -2.21. The Labute approximate surface area is 125 Å². The van der Waals surface area contributed by atoms with Gasteiger partial charge >= 0.3 is 0 Å². The normalized spacial score (nSPS) is 17.1. The molecule has 1 fully saturated rings. The van der Waals surface area contributed by atoms with E-state index in [9.17, 15) is 17.2 Å². The van der Waals surface area contributed by atoms with Gasteiger partial charge in [-0.1, -0.05) is 35.2 Å². The van der Waals surface area contributed by atoms with Crippen molar-refractivity contribution in [1.82, 2.24) is 0 Å². The van der Waals surface area contributed by atoms with Gasteiger partial charge in [0.05, 0.1) is 5.75 Å². The first-order valence-corrected chi connectivity index (χ1v) is 8.97. The maximum atomic E-state index is 13.6. The van der Waals surface area contributed by atoms with Crippen LogP contribution in [-0.4, -0.2) is 14.2 Å². The van der Waals surface area contributed by atoms with Crippen LogP contribution in [0.25, 0.3) is 0 Å². The lowest BCUT2D eigenvalue weighted by Crippen LogP contribution is -2.25. The van der Waals surface area contributed by atoms with Gasteiger partial charge in [0.15, 0.2) is 11.6 Å². The van der Waals surface area contributed by atoms with Crippen molar-refractivity contribution < 1.29 is 17.2 Å². The molecule has 0 aliphatic heterocycles. The number of hydrogen-bond donors (Lipinski definition) is 1. The average Bonchev–Trinajstić information content (AvgIpc) is 2.34. The van der Waals surface area contributed by atoms with E-state index in [0.717, 1.165) is 44.2 Å². The highest BCUT2D eigenvalue weighted by molar-refractivity contribution is 9.10. The zero-order valence-electron chi connectivity index (χ0n) is 10.8. The molecular formula is C13H16BrF2NO2S. The molecule has 1 aliphatic rings. The molecule has 7 heteroatoms. The van der Waals surface area contributed by atoms with Gasteiger partial charge in [-0.2, -0.15) is 0 Å². The third-order valence-electron chi connectivity index (χ3n) is 3.44. The van der Waals surface area contributed by atoms with E-state index in [2.05, 4.69) is 15.9 Å². The Morgan fingerprint density at radius 1 is 1.15 bits per heavy atom. The summed E-state index contributed by atoms with van der Waals surface area (Å²) in [5.41, 5.74) is -0.607. The minimum atomic E-state index is -3.74. The Balaban J connectivity index is 2.11.